The van der Waals surface area contributed by atoms with Gasteiger partial charge in [0.2, 0.25) is 0 Å². The Balaban J connectivity index is 0.000000451. The van der Waals surface area contributed by atoms with Crippen LogP contribution < -0.4 is 4.74 Å². The summed E-state index contributed by atoms with van der Waals surface area (Å²) in [6.45, 7) is 0. The summed E-state index contributed by atoms with van der Waals surface area (Å²) < 4.78 is 36.9. The van der Waals surface area contributed by atoms with E-state index in [-0.39, 0.29) is 0 Å². The van der Waals surface area contributed by atoms with Crippen molar-refractivity contribution in [2.24, 2.45) is 0 Å². The Bertz CT molecular complexity index is 1070. The fraction of sp³-hybridized carbons (Fsp3) is 0.136. The van der Waals surface area contributed by atoms with E-state index in [1.807, 2.05) is 54.7 Å². The third-order valence-corrected chi connectivity index (χ3v) is 4.04. The third-order valence-electron chi connectivity index (χ3n) is 4.04. The largest absolute Gasteiger partial charge is 0.497 e. The van der Waals surface area contributed by atoms with Gasteiger partial charge in [0.15, 0.2) is 0 Å². The molecule has 0 unspecified atom stereocenters. The normalized spacial score (nSPS) is 11.0. The molecule has 0 aliphatic carbocycles. The van der Waals surface area contributed by atoms with Gasteiger partial charge < -0.3 is 19.9 Å². The van der Waals surface area contributed by atoms with Gasteiger partial charge in [0.1, 0.15) is 11.6 Å². The summed E-state index contributed by atoms with van der Waals surface area (Å²) >= 11 is 0. The molecule has 0 fully saturated rings. The van der Waals surface area contributed by atoms with E-state index in [0.717, 1.165) is 40.0 Å². The van der Waals surface area contributed by atoms with E-state index in [1.54, 1.807) is 13.2 Å². The molecule has 2 aromatic carbocycles. The first-order valence-electron chi connectivity index (χ1n) is 9.07. The van der Waals surface area contributed by atoms with Gasteiger partial charge >= 0.3 is 18.1 Å². The van der Waals surface area contributed by atoms with Gasteiger partial charge in [-0.1, -0.05) is 24.3 Å². The van der Waals surface area contributed by atoms with E-state index in [2.05, 4.69) is 9.97 Å². The van der Waals surface area contributed by atoms with Crippen LogP contribution in [0.2, 0.25) is 0 Å². The lowest BCUT2D eigenvalue weighted by atomic mass is 10.1. The SMILES string of the molecule is COc1ccc(-c2cnc(Cc3ccc(/C=C/C(=O)O)cc3)[nH]2)cc1.O=C(O)C(F)(F)F. The summed E-state index contributed by atoms with van der Waals surface area (Å²) in [7, 11) is 1.64. The number of carboxylic acids is 2. The van der Waals surface area contributed by atoms with Crippen molar-refractivity contribution in [1.29, 1.82) is 0 Å². The Kier molecular flexibility index (Phi) is 8.17. The number of halogens is 3. The molecule has 0 radical (unpaired) electrons. The van der Waals surface area contributed by atoms with Crippen molar-refractivity contribution in [1.82, 2.24) is 9.97 Å². The predicted molar refractivity (Wildman–Crippen MR) is 110 cm³/mol. The van der Waals surface area contributed by atoms with Crippen molar-refractivity contribution in [2.45, 2.75) is 12.6 Å². The molecule has 0 saturated carbocycles. The first kappa shape index (κ1) is 24.2. The van der Waals surface area contributed by atoms with E-state index < -0.39 is 18.1 Å². The van der Waals surface area contributed by atoms with Crippen LogP contribution in [0, 0.1) is 0 Å². The fourth-order valence-corrected chi connectivity index (χ4v) is 2.48. The quantitative estimate of drug-likeness (QED) is 0.482. The van der Waals surface area contributed by atoms with Gasteiger partial charge in [0.05, 0.1) is 19.0 Å². The van der Waals surface area contributed by atoms with Crippen molar-refractivity contribution < 1.29 is 37.7 Å². The Labute approximate surface area is 180 Å². The lowest BCUT2D eigenvalue weighted by Gasteiger charge is -2.02. The monoisotopic (exact) mass is 448 g/mol. The van der Waals surface area contributed by atoms with Crippen LogP contribution in [-0.2, 0) is 16.0 Å². The highest BCUT2D eigenvalue weighted by Gasteiger charge is 2.38. The molecule has 0 spiro atoms. The minimum absolute atomic E-state index is 0.680. The molecule has 3 aromatic rings. The third kappa shape index (κ3) is 7.63. The number of imidazole rings is 1. The van der Waals surface area contributed by atoms with Gasteiger partial charge in [-0.15, -0.1) is 0 Å². The van der Waals surface area contributed by atoms with Crippen molar-refractivity contribution >= 4 is 18.0 Å². The van der Waals surface area contributed by atoms with Crippen LogP contribution in [0.15, 0.2) is 60.8 Å². The number of alkyl halides is 3. The molecule has 7 nitrogen and oxygen atoms in total. The summed E-state index contributed by atoms with van der Waals surface area (Å²) in [5.74, 6) is -2.02. The van der Waals surface area contributed by atoms with E-state index in [0.29, 0.717) is 6.42 Å². The highest BCUT2D eigenvalue weighted by Crippen LogP contribution is 2.21. The topological polar surface area (TPSA) is 113 Å². The molecular formula is C22H19F3N2O5. The van der Waals surface area contributed by atoms with E-state index >= 15 is 0 Å². The minimum Gasteiger partial charge on any atom is -0.497 e. The van der Waals surface area contributed by atoms with Crippen LogP contribution in [0.3, 0.4) is 0 Å². The predicted octanol–water partition coefficient (Wildman–Crippen LogP) is 4.41. The second-order valence-electron chi connectivity index (χ2n) is 6.36. The second-order valence-corrected chi connectivity index (χ2v) is 6.36. The number of aromatic amines is 1. The molecule has 10 heteroatoms. The number of aromatic nitrogens is 2. The highest BCUT2D eigenvalue weighted by molar-refractivity contribution is 5.85. The molecular weight excluding hydrogens is 429 g/mol. The number of carbonyl (C=O) groups is 2. The van der Waals surface area contributed by atoms with Gasteiger partial charge in [-0.2, -0.15) is 13.2 Å². The average Bonchev–Trinajstić information content (AvgIpc) is 3.21. The summed E-state index contributed by atoms with van der Waals surface area (Å²) in [4.78, 5) is 27.2. The molecule has 3 rings (SSSR count). The number of nitrogens with one attached hydrogen (secondary N) is 1. The van der Waals surface area contributed by atoms with Crippen LogP contribution in [0.4, 0.5) is 13.2 Å². The smallest absolute Gasteiger partial charge is 0.490 e. The Morgan fingerprint density at radius 3 is 2.16 bits per heavy atom. The molecule has 1 aromatic heterocycles. The number of carboxylic acid groups (broad SMARTS) is 2. The van der Waals surface area contributed by atoms with Crippen LogP contribution in [0.5, 0.6) is 5.75 Å². The van der Waals surface area contributed by atoms with Crippen LogP contribution in [0.25, 0.3) is 17.3 Å². The van der Waals surface area contributed by atoms with Gasteiger partial charge in [-0.05, 0) is 47.0 Å². The first-order chi connectivity index (χ1) is 15.1. The van der Waals surface area contributed by atoms with Gasteiger partial charge in [-0.3, -0.25) is 0 Å². The molecule has 0 aliphatic rings. The molecule has 0 amide bonds. The van der Waals surface area contributed by atoms with Crippen molar-refractivity contribution in [3.05, 3.63) is 77.8 Å². The zero-order chi connectivity index (χ0) is 23.7. The van der Waals surface area contributed by atoms with E-state index in [4.69, 9.17) is 19.7 Å². The molecule has 0 bridgehead atoms. The highest BCUT2D eigenvalue weighted by atomic mass is 19.4. The minimum atomic E-state index is -5.08. The lowest BCUT2D eigenvalue weighted by molar-refractivity contribution is -0.192. The molecule has 3 N–H and O–H groups in total. The summed E-state index contributed by atoms with van der Waals surface area (Å²) in [5, 5.41) is 15.8. The van der Waals surface area contributed by atoms with Crippen LogP contribution in [-0.4, -0.2) is 45.4 Å². The molecule has 32 heavy (non-hydrogen) atoms. The van der Waals surface area contributed by atoms with Gasteiger partial charge in [0.25, 0.3) is 0 Å². The molecule has 1 heterocycles. The van der Waals surface area contributed by atoms with Crippen molar-refractivity contribution in [2.75, 3.05) is 7.11 Å². The summed E-state index contributed by atoms with van der Waals surface area (Å²) in [5.41, 5.74) is 3.96. The van der Waals surface area contributed by atoms with Gasteiger partial charge in [-0.25, -0.2) is 14.6 Å². The second kappa shape index (κ2) is 10.8. The standard InChI is InChI=1S/C20H18N2O3.C2HF3O2/c1-25-17-9-7-16(8-10-17)18-13-21-19(22-18)12-15-4-2-14(3-5-15)6-11-20(23)24;3-2(4,5)1(6)7/h2-11,13H,12H2,1H3,(H,21,22)(H,23,24);(H,6,7)/b11-6+;. The lowest BCUT2D eigenvalue weighted by Crippen LogP contribution is -2.21. The zero-order valence-corrected chi connectivity index (χ0v) is 16.8. The summed E-state index contributed by atoms with van der Waals surface area (Å²) in [6, 6.07) is 15.5. The maximum atomic E-state index is 10.6. The molecule has 0 atom stereocenters. The number of ether oxygens (including phenoxy) is 1. The number of nitrogens with zero attached hydrogens (tertiary/aromatic N) is 1. The zero-order valence-electron chi connectivity index (χ0n) is 16.8. The summed E-state index contributed by atoms with van der Waals surface area (Å²) in [6.07, 6.45) is 0.115. The molecule has 168 valence electrons. The number of hydrogen-bond acceptors (Lipinski definition) is 4. The maximum Gasteiger partial charge on any atom is 0.490 e. The molecule has 0 saturated heterocycles. The number of hydrogen-bond donors (Lipinski definition) is 3. The average molecular weight is 448 g/mol. The number of H-pyrrole nitrogens is 1. The number of rotatable bonds is 6. The van der Waals surface area contributed by atoms with E-state index in [1.165, 1.54) is 0 Å². The first-order valence-corrected chi connectivity index (χ1v) is 9.07. The number of aliphatic carboxylic acids is 2. The fourth-order valence-electron chi connectivity index (χ4n) is 2.48. The van der Waals surface area contributed by atoms with E-state index in [9.17, 15) is 18.0 Å². The van der Waals surface area contributed by atoms with Gasteiger partial charge in [0, 0.05) is 12.5 Å². The molecule has 0 aliphatic heterocycles. The maximum absolute atomic E-state index is 10.6. The van der Waals surface area contributed by atoms with Crippen LogP contribution >= 0.6 is 0 Å². The Morgan fingerprint density at radius 2 is 1.66 bits per heavy atom. The number of benzene rings is 2. The Hall–Kier alpha value is -4.08. The number of methoxy groups -OCH3 is 1. The van der Waals surface area contributed by atoms with Crippen molar-refractivity contribution in [3.63, 3.8) is 0 Å². The van der Waals surface area contributed by atoms with Crippen LogP contribution in [0.1, 0.15) is 17.0 Å². The van der Waals surface area contributed by atoms with Crippen molar-refractivity contribution in [3.8, 4) is 17.0 Å². The Morgan fingerprint density at radius 1 is 1.06 bits per heavy atom.